The highest BCUT2D eigenvalue weighted by molar-refractivity contribution is 5.85. The molecule has 0 heterocycles. The van der Waals surface area contributed by atoms with E-state index in [0.29, 0.717) is 0 Å². The van der Waals surface area contributed by atoms with E-state index in [4.69, 9.17) is 0 Å². The minimum atomic E-state index is 0. The number of hydrogen-bond donors (Lipinski definition) is 1. The van der Waals surface area contributed by atoms with Gasteiger partial charge in [-0.2, -0.15) is 0 Å². The van der Waals surface area contributed by atoms with Gasteiger partial charge in [-0.15, -0.1) is 12.4 Å². The highest BCUT2D eigenvalue weighted by atomic mass is 35.5. The lowest BCUT2D eigenvalue weighted by Crippen LogP contribution is -2.25. The van der Waals surface area contributed by atoms with Crippen molar-refractivity contribution in [3.8, 4) is 0 Å². The van der Waals surface area contributed by atoms with Gasteiger partial charge in [-0.3, -0.25) is 0 Å². The average Bonchev–Trinajstić information content (AvgIpc) is 2.14. The Morgan fingerprint density at radius 3 is 2.46 bits per heavy atom. The summed E-state index contributed by atoms with van der Waals surface area (Å²) in [5, 5.41) is 3.56. The lowest BCUT2D eigenvalue weighted by Gasteiger charge is -2.21. The predicted molar refractivity (Wildman–Crippen MR) is 61.6 cm³/mol. The quantitative estimate of drug-likeness (QED) is 0.679. The third-order valence-corrected chi connectivity index (χ3v) is 2.86. The van der Waals surface area contributed by atoms with Gasteiger partial charge >= 0.3 is 0 Å². The smallest absolute Gasteiger partial charge is 0.00205 e. The molecular weight excluding hydrogens is 182 g/mol. The molecule has 0 aliphatic heterocycles. The molecule has 0 aromatic heterocycles. The van der Waals surface area contributed by atoms with Crippen molar-refractivity contribution in [2.75, 3.05) is 13.1 Å². The highest BCUT2D eigenvalue weighted by Gasteiger charge is 2.11. The maximum atomic E-state index is 3.56. The molecule has 0 radical (unpaired) electrons. The molecule has 2 heteroatoms. The van der Waals surface area contributed by atoms with E-state index in [-0.39, 0.29) is 12.4 Å². The Balaban J connectivity index is 0.00000144. The Kier molecular flexibility index (Phi) is 9.00. The van der Waals surface area contributed by atoms with Crippen LogP contribution in [0.5, 0.6) is 0 Å². The molecule has 13 heavy (non-hydrogen) atoms. The summed E-state index contributed by atoms with van der Waals surface area (Å²) in [5.41, 5.74) is 0. The molecule has 1 saturated carbocycles. The van der Waals surface area contributed by atoms with Gasteiger partial charge in [0.15, 0.2) is 0 Å². The number of nitrogens with one attached hydrogen (secondary N) is 1. The summed E-state index contributed by atoms with van der Waals surface area (Å²) in [5.74, 6) is 0.996. The van der Waals surface area contributed by atoms with Crippen LogP contribution < -0.4 is 5.32 Å². The molecule has 1 aliphatic carbocycles. The molecule has 0 bridgehead atoms. The highest BCUT2D eigenvalue weighted by Crippen LogP contribution is 2.22. The van der Waals surface area contributed by atoms with Crippen LogP contribution in [0.1, 0.15) is 51.9 Å². The van der Waals surface area contributed by atoms with Crippen LogP contribution in [0.3, 0.4) is 0 Å². The standard InChI is InChI=1S/C11H23N.ClH/c1-2-3-9-12-10-11-7-5-4-6-8-11;/h11-12H,2-10H2,1H3;1H. The maximum absolute atomic E-state index is 3.56. The van der Waals surface area contributed by atoms with Crippen LogP contribution in [0.4, 0.5) is 0 Å². The van der Waals surface area contributed by atoms with Gasteiger partial charge in [0.25, 0.3) is 0 Å². The molecule has 0 saturated heterocycles. The second-order valence-corrected chi connectivity index (χ2v) is 4.06. The Hall–Kier alpha value is 0.250. The predicted octanol–water partition coefficient (Wildman–Crippen LogP) is 3.38. The molecule has 0 atom stereocenters. The second-order valence-electron chi connectivity index (χ2n) is 4.06. The Morgan fingerprint density at radius 2 is 1.85 bits per heavy atom. The molecule has 1 N–H and O–H groups in total. The van der Waals surface area contributed by atoms with Gasteiger partial charge in [0.1, 0.15) is 0 Å². The minimum absolute atomic E-state index is 0. The number of unbranched alkanes of at least 4 members (excludes halogenated alkanes) is 1. The molecule has 0 aromatic carbocycles. The van der Waals surface area contributed by atoms with E-state index < -0.39 is 0 Å². The van der Waals surface area contributed by atoms with E-state index in [1.165, 1.54) is 58.0 Å². The van der Waals surface area contributed by atoms with E-state index in [0.717, 1.165) is 5.92 Å². The Labute approximate surface area is 89.1 Å². The van der Waals surface area contributed by atoms with Gasteiger partial charge in [0.2, 0.25) is 0 Å². The van der Waals surface area contributed by atoms with E-state index in [1.807, 2.05) is 0 Å². The van der Waals surface area contributed by atoms with Crippen LogP contribution in [-0.2, 0) is 0 Å². The Morgan fingerprint density at radius 1 is 1.15 bits per heavy atom. The first-order valence-corrected chi connectivity index (χ1v) is 5.64. The SMILES string of the molecule is CCCCNCC1CCCCC1.Cl. The van der Waals surface area contributed by atoms with Crippen molar-refractivity contribution < 1.29 is 0 Å². The second kappa shape index (κ2) is 8.83. The zero-order chi connectivity index (χ0) is 8.65. The molecule has 0 spiro atoms. The first-order chi connectivity index (χ1) is 5.93. The van der Waals surface area contributed by atoms with E-state index >= 15 is 0 Å². The van der Waals surface area contributed by atoms with Crippen molar-refractivity contribution in [3.63, 3.8) is 0 Å². The van der Waals surface area contributed by atoms with E-state index in [1.54, 1.807) is 0 Å². The largest absolute Gasteiger partial charge is 0.316 e. The molecule has 0 aromatic rings. The van der Waals surface area contributed by atoms with Gasteiger partial charge in [0, 0.05) is 0 Å². The summed E-state index contributed by atoms with van der Waals surface area (Å²) in [4.78, 5) is 0. The molecule has 1 rings (SSSR count). The number of halogens is 1. The fourth-order valence-electron chi connectivity index (χ4n) is 2.00. The van der Waals surface area contributed by atoms with E-state index in [2.05, 4.69) is 12.2 Å². The monoisotopic (exact) mass is 205 g/mol. The minimum Gasteiger partial charge on any atom is -0.316 e. The first-order valence-electron chi connectivity index (χ1n) is 5.64. The zero-order valence-corrected chi connectivity index (χ0v) is 9.67. The van der Waals surface area contributed by atoms with Gasteiger partial charge < -0.3 is 5.32 Å². The normalized spacial score (nSPS) is 18.2. The van der Waals surface area contributed by atoms with Crippen molar-refractivity contribution in [1.82, 2.24) is 5.32 Å². The van der Waals surface area contributed by atoms with Gasteiger partial charge in [-0.25, -0.2) is 0 Å². The summed E-state index contributed by atoms with van der Waals surface area (Å²) in [6.07, 6.45) is 10.0. The van der Waals surface area contributed by atoms with Crippen molar-refractivity contribution in [1.29, 1.82) is 0 Å². The van der Waals surface area contributed by atoms with Gasteiger partial charge in [-0.1, -0.05) is 32.6 Å². The van der Waals surface area contributed by atoms with Gasteiger partial charge in [-0.05, 0) is 38.3 Å². The maximum Gasteiger partial charge on any atom is -0.00205 e. The molecule has 1 nitrogen and oxygen atoms in total. The van der Waals surface area contributed by atoms with Crippen LogP contribution in [0.25, 0.3) is 0 Å². The summed E-state index contributed by atoms with van der Waals surface area (Å²) in [7, 11) is 0. The van der Waals surface area contributed by atoms with Crippen molar-refractivity contribution in [2.24, 2.45) is 5.92 Å². The van der Waals surface area contributed by atoms with Crippen molar-refractivity contribution >= 4 is 12.4 Å². The lowest BCUT2D eigenvalue weighted by atomic mass is 9.89. The van der Waals surface area contributed by atoms with Crippen LogP contribution in [0.2, 0.25) is 0 Å². The molecule has 1 fully saturated rings. The van der Waals surface area contributed by atoms with Crippen molar-refractivity contribution in [3.05, 3.63) is 0 Å². The summed E-state index contributed by atoms with van der Waals surface area (Å²) < 4.78 is 0. The molecule has 80 valence electrons. The molecular formula is C11H24ClN. The average molecular weight is 206 g/mol. The summed E-state index contributed by atoms with van der Waals surface area (Å²) in [6, 6.07) is 0. The number of rotatable bonds is 5. The van der Waals surface area contributed by atoms with Gasteiger partial charge in [0.05, 0.1) is 0 Å². The third-order valence-electron chi connectivity index (χ3n) is 2.86. The number of hydrogen-bond acceptors (Lipinski definition) is 1. The lowest BCUT2D eigenvalue weighted by molar-refractivity contribution is 0.342. The fraction of sp³-hybridized carbons (Fsp3) is 1.00. The fourth-order valence-corrected chi connectivity index (χ4v) is 2.00. The zero-order valence-electron chi connectivity index (χ0n) is 8.85. The van der Waals surface area contributed by atoms with Crippen LogP contribution in [0, 0.1) is 5.92 Å². The van der Waals surface area contributed by atoms with Crippen molar-refractivity contribution in [2.45, 2.75) is 51.9 Å². The Bertz CT molecular complexity index is 100. The third kappa shape index (κ3) is 6.34. The molecule has 1 aliphatic rings. The van der Waals surface area contributed by atoms with Crippen LogP contribution in [0.15, 0.2) is 0 Å². The van der Waals surface area contributed by atoms with Crippen LogP contribution >= 0.6 is 12.4 Å². The summed E-state index contributed by atoms with van der Waals surface area (Å²) >= 11 is 0. The van der Waals surface area contributed by atoms with Crippen LogP contribution in [-0.4, -0.2) is 13.1 Å². The molecule has 0 amide bonds. The van der Waals surface area contributed by atoms with E-state index in [9.17, 15) is 0 Å². The topological polar surface area (TPSA) is 12.0 Å². The molecule has 0 unspecified atom stereocenters. The first kappa shape index (κ1) is 13.2. The summed E-state index contributed by atoms with van der Waals surface area (Å²) in [6.45, 7) is 4.76.